The van der Waals surface area contributed by atoms with Gasteiger partial charge in [0.05, 0.1) is 19.4 Å². The third kappa shape index (κ3) is 1.58. The molecule has 0 aromatic rings. The van der Waals surface area contributed by atoms with E-state index in [0.29, 0.717) is 0 Å². The quantitative estimate of drug-likeness (QED) is 0.613. The highest BCUT2D eigenvalue weighted by molar-refractivity contribution is 6.79. The summed E-state index contributed by atoms with van der Waals surface area (Å²) in [6, 6.07) is 0. The molecule has 0 spiro atoms. The molecular formula is C9H20O2Si. The lowest BCUT2D eigenvalue weighted by atomic mass is 9.94. The summed E-state index contributed by atoms with van der Waals surface area (Å²) in [4.78, 5) is 0. The maximum Gasteiger partial charge on any atom is 0.0854 e. The Morgan fingerprint density at radius 1 is 1.25 bits per heavy atom. The molecule has 3 heteroatoms. The highest BCUT2D eigenvalue weighted by atomic mass is 28.3. The molecule has 1 aliphatic rings. The average molecular weight is 188 g/mol. The first kappa shape index (κ1) is 10.2. The third-order valence-corrected chi connectivity index (χ3v) is 6.32. The number of rotatable bonds is 1. The van der Waals surface area contributed by atoms with Crippen LogP contribution in [-0.2, 0) is 0 Å². The highest BCUT2D eigenvalue weighted by Crippen LogP contribution is 2.35. The van der Waals surface area contributed by atoms with Gasteiger partial charge < -0.3 is 10.2 Å². The van der Waals surface area contributed by atoms with Gasteiger partial charge in [0.25, 0.3) is 0 Å². The molecule has 2 nitrogen and oxygen atoms in total. The average Bonchev–Trinajstić information content (AvgIpc) is 1.93. The van der Waals surface area contributed by atoms with Crippen LogP contribution in [0.25, 0.3) is 0 Å². The SMILES string of the molecule is C[Si](C)(C)[C@]1(O)CCCC[C@@H]1O. The fraction of sp³-hybridized carbons (Fsp3) is 1.00. The standard InChI is InChI=1S/C9H20O2Si/c1-12(2,3)9(11)7-5-4-6-8(9)10/h8,10-11H,4-7H2,1-3H3/t8-,9+/m0/s1. The lowest BCUT2D eigenvalue weighted by molar-refractivity contribution is -0.0487. The Kier molecular flexibility index (Phi) is 2.66. The zero-order chi connectivity index (χ0) is 9.41. The van der Waals surface area contributed by atoms with E-state index in [4.69, 9.17) is 0 Å². The molecule has 2 atom stereocenters. The Labute approximate surface area is 75.6 Å². The van der Waals surface area contributed by atoms with Crippen LogP contribution in [0.2, 0.25) is 19.6 Å². The largest absolute Gasteiger partial charge is 0.391 e. The molecule has 0 unspecified atom stereocenters. The molecule has 72 valence electrons. The molecule has 0 aromatic heterocycles. The normalized spacial score (nSPS) is 38.2. The summed E-state index contributed by atoms with van der Waals surface area (Å²) < 4.78 is 0. The van der Waals surface area contributed by atoms with Gasteiger partial charge in [0, 0.05) is 0 Å². The van der Waals surface area contributed by atoms with Gasteiger partial charge in [-0.05, 0) is 12.8 Å². The summed E-state index contributed by atoms with van der Waals surface area (Å²) in [5.74, 6) is 0. The summed E-state index contributed by atoms with van der Waals surface area (Å²) in [6.45, 7) is 6.38. The molecule has 0 aromatic carbocycles. The topological polar surface area (TPSA) is 40.5 Å². The van der Waals surface area contributed by atoms with Crippen molar-refractivity contribution in [3.8, 4) is 0 Å². The van der Waals surface area contributed by atoms with E-state index < -0.39 is 19.4 Å². The van der Waals surface area contributed by atoms with E-state index in [2.05, 4.69) is 19.6 Å². The van der Waals surface area contributed by atoms with Crippen LogP contribution < -0.4 is 0 Å². The van der Waals surface area contributed by atoms with Gasteiger partial charge in [-0.15, -0.1) is 0 Å². The smallest absolute Gasteiger partial charge is 0.0854 e. The van der Waals surface area contributed by atoms with Gasteiger partial charge in [0.2, 0.25) is 0 Å². The maximum atomic E-state index is 10.3. The first-order valence-electron chi connectivity index (χ1n) is 4.78. The summed E-state index contributed by atoms with van der Waals surface area (Å²) >= 11 is 0. The van der Waals surface area contributed by atoms with Gasteiger partial charge >= 0.3 is 0 Å². The van der Waals surface area contributed by atoms with Crippen molar-refractivity contribution >= 4 is 8.07 Å². The fourth-order valence-corrected chi connectivity index (χ4v) is 4.08. The maximum absolute atomic E-state index is 10.3. The van der Waals surface area contributed by atoms with Gasteiger partial charge in [-0.25, -0.2) is 0 Å². The predicted molar refractivity (Wildman–Crippen MR) is 52.8 cm³/mol. The van der Waals surface area contributed by atoms with Gasteiger partial charge in [0.1, 0.15) is 0 Å². The molecule has 12 heavy (non-hydrogen) atoms. The molecule has 2 N–H and O–H groups in total. The zero-order valence-electron chi connectivity index (χ0n) is 8.30. The van der Waals surface area contributed by atoms with E-state index in [1.165, 1.54) is 0 Å². The molecule has 1 fully saturated rings. The summed E-state index contributed by atoms with van der Waals surface area (Å²) in [5.41, 5.74) is 0. The minimum atomic E-state index is -1.64. The summed E-state index contributed by atoms with van der Waals surface area (Å²) in [7, 11) is -1.64. The van der Waals surface area contributed by atoms with E-state index in [-0.39, 0.29) is 0 Å². The van der Waals surface area contributed by atoms with Crippen molar-refractivity contribution in [1.82, 2.24) is 0 Å². The Bertz CT molecular complexity index is 164. The summed E-state index contributed by atoms with van der Waals surface area (Å²) in [6.07, 6.45) is 3.23. The van der Waals surface area contributed by atoms with E-state index in [0.717, 1.165) is 25.7 Å². The fourth-order valence-electron chi connectivity index (χ4n) is 2.01. The molecule has 1 aliphatic carbocycles. The van der Waals surface area contributed by atoms with Crippen molar-refractivity contribution in [3.05, 3.63) is 0 Å². The Hall–Kier alpha value is 0.137. The molecule has 0 amide bonds. The van der Waals surface area contributed by atoms with E-state index in [1.54, 1.807) is 0 Å². The second-order valence-electron chi connectivity index (χ2n) is 4.94. The van der Waals surface area contributed by atoms with Gasteiger partial charge in [-0.1, -0.05) is 32.5 Å². The van der Waals surface area contributed by atoms with Crippen LogP contribution in [0.5, 0.6) is 0 Å². The number of aliphatic hydroxyl groups excluding tert-OH is 1. The van der Waals surface area contributed by atoms with Crippen molar-refractivity contribution in [2.75, 3.05) is 0 Å². The zero-order valence-corrected chi connectivity index (χ0v) is 9.30. The number of hydrogen-bond acceptors (Lipinski definition) is 2. The Morgan fingerprint density at radius 3 is 2.17 bits per heavy atom. The van der Waals surface area contributed by atoms with Crippen LogP contribution in [0, 0.1) is 0 Å². The third-order valence-electron chi connectivity index (χ3n) is 3.14. The van der Waals surface area contributed by atoms with Gasteiger partial charge in [-0.2, -0.15) is 0 Å². The molecule has 0 saturated heterocycles. The van der Waals surface area contributed by atoms with Crippen molar-refractivity contribution in [2.24, 2.45) is 0 Å². The van der Waals surface area contributed by atoms with Gasteiger partial charge in [0.15, 0.2) is 0 Å². The number of hydrogen-bond donors (Lipinski definition) is 2. The lowest BCUT2D eigenvalue weighted by Crippen LogP contribution is -2.61. The second kappa shape index (κ2) is 3.12. The van der Waals surface area contributed by atoms with E-state index >= 15 is 0 Å². The van der Waals surface area contributed by atoms with Crippen LogP contribution in [-0.4, -0.2) is 29.6 Å². The molecule has 0 heterocycles. The van der Waals surface area contributed by atoms with Crippen LogP contribution in [0.15, 0.2) is 0 Å². The van der Waals surface area contributed by atoms with E-state index in [9.17, 15) is 10.2 Å². The van der Waals surface area contributed by atoms with Gasteiger partial charge in [-0.3, -0.25) is 0 Å². The minimum Gasteiger partial charge on any atom is -0.391 e. The minimum absolute atomic E-state index is 0.474. The van der Waals surface area contributed by atoms with Crippen molar-refractivity contribution in [3.63, 3.8) is 0 Å². The summed E-state index contributed by atoms with van der Waals surface area (Å²) in [5, 5.41) is 19.3. The molecule has 0 bridgehead atoms. The second-order valence-corrected chi connectivity index (χ2v) is 10.3. The molecular weight excluding hydrogens is 168 g/mol. The lowest BCUT2D eigenvalue weighted by Gasteiger charge is -2.45. The van der Waals surface area contributed by atoms with Crippen LogP contribution in [0.4, 0.5) is 0 Å². The molecule has 0 radical (unpaired) electrons. The molecule has 1 saturated carbocycles. The van der Waals surface area contributed by atoms with Crippen LogP contribution in [0.1, 0.15) is 25.7 Å². The first-order chi connectivity index (χ1) is 5.38. The van der Waals surface area contributed by atoms with E-state index in [1.807, 2.05) is 0 Å². The molecule has 1 rings (SSSR count). The number of aliphatic hydroxyl groups is 2. The van der Waals surface area contributed by atoms with Crippen LogP contribution in [0.3, 0.4) is 0 Å². The predicted octanol–water partition coefficient (Wildman–Crippen LogP) is 1.53. The first-order valence-corrected chi connectivity index (χ1v) is 8.28. The van der Waals surface area contributed by atoms with Crippen molar-refractivity contribution < 1.29 is 10.2 Å². The Balaban J connectivity index is 2.79. The van der Waals surface area contributed by atoms with Crippen molar-refractivity contribution in [2.45, 2.75) is 56.7 Å². The highest BCUT2D eigenvalue weighted by Gasteiger charge is 2.48. The monoisotopic (exact) mass is 188 g/mol. The molecule has 0 aliphatic heterocycles. The van der Waals surface area contributed by atoms with Crippen molar-refractivity contribution in [1.29, 1.82) is 0 Å². The van der Waals surface area contributed by atoms with Crippen LogP contribution >= 0.6 is 0 Å². The Morgan fingerprint density at radius 2 is 1.83 bits per heavy atom.